The van der Waals surface area contributed by atoms with Crippen LogP contribution >= 0.6 is 0 Å². The van der Waals surface area contributed by atoms with Crippen LogP contribution in [0.3, 0.4) is 0 Å². The van der Waals surface area contributed by atoms with Gasteiger partial charge < -0.3 is 14.8 Å². The Hall–Kier alpha value is -1.80. The predicted octanol–water partition coefficient (Wildman–Crippen LogP) is 3.44. The fraction of sp³-hybridized carbons (Fsp3) is 0.600. The summed E-state index contributed by atoms with van der Waals surface area (Å²) in [5, 5.41) is 12.6. The first-order valence-electron chi connectivity index (χ1n) is 7.29. The van der Waals surface area contributed by atoms with Gasteiger partial charge in [0.15, 0.2) is 4.98 Å². The van der Waals surface area contributed by atoms with E-state index >= 15 is 0 Å². The summed E-state index contributed by atoms with van der Waals surface area (Å²) in [7, 11) is 0. The third kappa shape index (κ3) is 3.20. The van der Waals surface area contributed by atoms with Crippen LogP contribution in [-0.4, -0.2) is 26.3 Å². The molecule has 0 saturated carbocycles. The normalized spacial score (nSPS) is 15.7. The first-order valence-corrected chi connectivity index (χ1v) is 7.29. The molecule has 1 fully saturated rings. The molecule has 0 radical (unpaired) electrons. The number of piperidine rings is 1. The molecular weight excluding hydrogens is 254 g/mol. The molecule has 0 aromatic heterocycles. The first kappa shape index (κ1) is 14.6. The van der Waals surface area contributed by atoms with Crippen molar-refractivity contribution in [2.75, 3.05) is 26.3 Å². The van der Waals surface area contributed by atoms with Crippen molar-refractivity contribution < 1.29 is 9.47 Å². The second kappa shape index (κ2) is 7.11. The van der Waals surface area contributed by atoms with Gasteiger partial charge in [-0.2, -0.15) is 0 Å². The summed E-state index contributed by atoms with van der Waals surface area (Å²) >= 11 is 0. The lowest BCUT2D eigenvalue weighted by Gasteiger charge is -2.24. The van der Waals surface area contributed by atoms with E-state index in [0.29, 0.717) is 30.6 Å². The van der Waals surface area contributed by atoms with Gasteiger partial charge in [-0.25, -0.2) is 0 Å². The number of diazo groups is 1. The van der Waals surface area contributed by atoms with Crippen molar-refractivity contribution in [2.45, 2.75) is 32.6 Å². The van der Waals surface area contributed by atoms with E-state index in [-0.39, 0.29) is 0 Å². The van der Waals surface area contributed by atoms with Gasteiger partial charge >= 0.3 is 5.69 Å². The third-order valence-corrected chi connectivity index (χ3v) is 3.56. The van der Waals surface area contributed by atoms with Crippen LogP contribution in [0, 0.1) is 5.39 Å². The summed E-state index contributed by atoms with van der Waals surface area (Å²) in [6, 6.07) is 3.75. The van der Waals surface area contributed by atoms with Crippen molar-refractivity contribution in [1.82, 2.24) is 5.32 Å². The van der Waals surface area contributed by atoms with Gasteiger partial charge in [-0.15, -0.1) is 0 Å². The smallest absolute Gasteiger partial charge is 0.430 e. The molecule has 0 atom stereocenters. The molecule has 1 saturated heterocycles. The Morgan fingerprint density at radius 3 is 2.50 bits per heavy atom. The minimum Gasteiger partial charge on any atom is -0.494 e. The minimum absolute atomic E-state index is 0.415. The summed E-state index contributed by atoms with van der Waals surface area (Å²) in [6.45, 7) is 7.01. The van der Waals surface area contributed by atoms with Gasteiger partial charge in [0.25, 0.3) is 0 Å². The highest BCUT2D eigenvalue weighted by Gasteiger charge is 2.27. The summed E-state index contributed by atoms with van der Waals surface area (Å²) in [5.41, 5.74) is 1.54. The molecular formula is C15H22N3O2+. The van der Waals surface area contributed by atoms with E-state index in [1.165, 1.54) is 0 Å². The van der Waals surface area contributed by atoms with Crippen LogP contribution in [0.1, 0.15) is 38.2 Å². The van der Waals surface area contributed by atoms with Crippen LogP contribution in [-0.2, 0) is 0 Å². The second-order valence-electron chi connectivity index (χ2n) is 4.85. The molecule has 0 spiro atoms. The van der Waals surface area contributed by atoms with Crippen LogP contribution in [0.25, 0.3) is 4.98 Å². The van der Waals surface area contributed by atoms with Crippen molar-refractivity contribution in [3.8, 4) is 11.5 Å². The summed E-state index contributed by atoms with van der Waals surface area (Å²) in [4.78, 5) is 3.37. The topological polar surface area (TPSA) is 58.6 Å². The molecule has 1 aromatic carbocycles. The molecule has 5 nitrogen and oxygen atoms in total. The maximum absolute atomic E-state index is 9.24. The summed E-state index contributed by atoms with van der Waals surface area (Å²) in [6.07, 6.45) is 2.11. The number of rotatable bonds is 5. The molecule has 0 amide bonds. The van der Waals surface area contributed by atoms with E-state index in [1.807, 2.05) is 19.9 Å². The maximum atomic E-state index is 9.24. The molecule has 1 aliphatic rings. The third-order valence-electron chi connectivity index (χ3n) is 3.56. The maximum Gasteiger partial charge on any atom is 0.430 e. The molecule has 0 aliphatic carbocycles. The molecule has 1 aromatic rings. The fourth-order valence-corrected chi connectivity index (χ4v) is 2.67. The van der Waals surface area contributed by atoms with Gasteiger partial charge in [0.1, 0.15) is 5.75 Å². The highest BCUT2D eigenvalue weighted by molar-refractivity contribution is 5.65. The number of nitrogens with one attached hydrogen (secondary N) is 1. The zero-order valence-corrected chi connectivity index (χ0v) is 12.2. The summed E-state index contributed by atoms with van der Waals surface area (Å²) < 4.78 is 11.3. The van der Waals surface area contributed by atoms with Gasteiger partial charge in [-0.3, -0.25) is 0 Å². The Kier molecular flexibility index (Phi) is 5.19. The van der Waals surface area contributed by atoms with E-state index in [4.69, 9.17) is 9.47 Å². The van der Waals surface area contributed by atoms with Gasteiger partial charge in [0.2, 0.25) is 11.1 Å². The van der Waals surface area contributed by atoms with Gasteiger partial charge in [0, 0.05) is 5.56 Å². The Morgan fingerprint density at radius 2 is 1.90 bits per heavy atom. The molecule has 1 N–H and O–H groups in total. The molecule has 20 heavy (non-hydrogen) atoms. The van der Waals surface area contributed by atoms with Crippen molar-refractivity contribution >= 4 is 5.69 Å². The van der Waals surface area contributed by atoms with Crippen molar-refractivity contribution in [3.05, 3.63) is 22.7 Å². The largest absolute Gasteiger partial charge is 0.494 e. The lowest BCUT2D eigenvalue weighted by molar-refractivity contribution is 0.323. The van der Waals surface area contributed by atoms with E-state index in [0.717, 1.165) is 37.2 Å². The molecule has 1 heterocycles. The summed E-state index contributed by atoms with van der Waals surface area (Å²) in [5.74, 6) is 1.83. The Labute approximate surface area is 119 Å². The van der Waals surface area contributed by atoms with E-state index in [1.54, 1.807) is 6.07 Å². The Bertz CT molecular complexity index is 491. The predicted molar refractivity (Wildman–Crippen MR) is 78.4 cm³/mol. The Balaban J connectivity index is 2.43. The quantitative estimate of drug-likeness (QED) is 0.837. The second-order valence-corrected chi connectivity index (χ2v) is 4.85. The number of ether oxygens (including phenoxy) is 2. The van der Waals surface area contributed by atoms with E-state index in [9.17, 15) is 5.39 Å². The number of benzene rings is 1. The van der Waals surface area contributed by atoms with Gasteiger partial charge in [0.05, 0.1) is 19.3 Å². The zero-order valence-electron chi connectivity index (χ0n) is 12.2. The van der Waals surface area contributed by atoms with Crippen molar-refractivity contribution in [3.63, 3.8) is 0 Å². The molecule has 0 bridgehead atoms. The monoisotopic (exact) mass is 276 g/mol. The van der Waals surface area contributed by atoms with Crippen LogP contribution in [0.2, 0.25) is 0 Å². The fourth-order valence-electron chi connectivity index (χ4n) is 2.67. The molecule has 1 aliphatic heterocycles. The highest BCUT2D eigenvalue weighted by atomic mass is 16.5. The van der Waals surface area contributed by atoms with Crippen molar-refractivity contribution in [2.24, 2.45) is 0 Å². The number of hydrogen-bond donors (Lipinski definition) is 1. The minimum atomic E-state index is 0.415. The first-order chi connectivity index (χ1) is 9.80. The molecule has 108 valence electrons. The van der Waals surface area contributed by atoms with Gasteiger partial charge in [-0.1, -0.05) is 0 Å². The molecule has 0 unspecified atom stereocenters. The Morgan fingerprint density at radius 1 is 1.20 bits per heavy atom. The van der Waals surface area contributed by atoms with E-state index in [2.05, 4.69) is 10.3 Å². The SMILES string of the molecule is CCOc1cc([N+]#N)c(OCC)c(C2CCNCC2)c1. The molecule has 5 heteroatoms. The lowest BCUT2D eigenvalue weighted by atomic mass is 9.89. The van der Waals surface area contributed by atoms with Crippen LogP contribution in [0.5, 0.6) is 11.5 Å². The number of hydrogen-bond acceptors (Lipinski definition) is 4. The number of nitrogens with zero attached hydrogens (tertiary/aromatic N) is 2. The molecule has 2 rings (SSSR count). The van der Waals surface area contributed by atoms with Crippen LogP contribution in [0.4, 0.5) is 5.69 Å². The van der Waals surface area contributed by atoms with Crippen LogP contribution < -0.4 is 14.8 Å². The van der Waals surface area contributed by atoms with Gasteiger partial charge in [-0.05, 0) is 51.8 Å². The van der Waals surface area contributed by atoms with Crippen molar-refractivity contribution in [1.29, 1.82) is 5.39 Å². The highest BCUT2D eigenvalue weighted by Crippen LogP contribution is 2.42. The van der Waals surface area contributed by atoms with E-state index < -0.39 is 0 Å². The average molecular weight is 276 g/mol. The van der Waals surface area contributed by atoms with Crippen LogP contribution in [0.15, 0.2) is 12.1 Å². The lowest BCUT2D eigenvalue weighted by Crippen LogP contribution is -2.26. The standard InChI is InChI=1S/C15H22N3O2/c1-3-19-12-9-13(11-5-7-17-8-6-11)15(20-4-2)14(10-12)18-16/h9-11,17H,3-8H2,1-2H3/q+1. The average Bonchev–Trinajstić information content (AvgIpc) is 2.49. The zero-order chi connectivity index (χ0) is 14.4.